The number of carbonyl (C=O) groups excluding carboxylic acids is 1. The zero-order chi connectivity index (χ0) is 13.8. The topological polar surface area (TPSA) is 67.6 Å². The quantitative estimate of drug-likeness (QED) is 0.792. The highest BCUT2D eigenvalue weighted by atomic mass is 16.5. The Morgan fingerprint density at radius 1 is 1.42 bits per heavy atom. The van der Waals surface area contributed by atoms with Crippen molar-refractivity contribution in [1.82, 2.24) is 0 Å². The van der Waals surface area contributed by atoms with Crippen molar-refractivity contribution in [3.8, 4) is 0 Å². The van der Waals surface area contributed by atoms with Gasteiger partial charge < -0.3 is 20.7 Å². The van der Waals surface area contributed by atoms with Gasteiger partial charge in [-0.25, -0.2) is 0 Å². The molecule has 5 nitrogen and oxygen atoms in total. The lowest BCUT2D eigenvalue weighted by molar-refractivity contribution is -0.116. The van der Waals surface area contributed by atoms with Gasteiger partial charge in [-0.05, 0) is 31.0 Å². The van der Waals surface area contributed by atoms with E-state index in [-0.39, 0.29) is 5.91 Å². The number of nitrogens with zero attached hydrogens (tertiary/aromatic N) is 1. The molecule has 0 aliphatic carbocycles. The molecule has 0 atom stereocenters. The van der Waals surface area contributed by atoms with E-state index < -0.39 is 0 Å². The molecule has 3 N–H and O–H groups in total. The van der Waals surface area contributed by atoms with Crippen LogP contribution in [0.2, 0.25) is 0 Å². The summed E-state index contributed by atoms with van der Waals surface area (Å²) < 4.78 is 5.12. The molecule has 1 aliphatic heterocycles. The molecular formula is C14H21N3O2. The van der Waals surface area contributed by atoms with E-state index in [1.807, 2.05) is 6.07 Å². The van der Waals surface area contributed by atoms with Crippen LogP contribution in [0, 0.1) is 0 Å². The smallest absolute Gasteiger partial charge is 0.224 e. The van der Waals surface area contributed by atoms with E-state index in [1.165, 1.54) is 0 Å². The minimum Gasteiger partial charge on any atom is -0.397 e. The summed E-state index contributed by atoms with van der Waals surface area (Å²) >= 11 is 0. The van der Waals surface area contributed by atoms with Gasteiger partial charge in [0.25, 0.3) is 0 Å². The standard InChI is InChI=1S/C14H21N3O2/c1-3-17(6-7-19-2)13-8-10-4-5-14(18)16-12(10)9-11(13)15/h8-9H,3-7,15H2,1-2H3,(H,16,18). The monoisotopic (exact) mass is 263 g/mol. The molecule has 0 fully saturated rings. The summed E-state index contributed by atoms with van der Waals surface area (Å²) in [6, 6.07) is 3.94. The van der Waals surface area contributed by atoms with Crippen LogP contribution in [0.15, 0.2) is 12.1 Å². The van der Waals surface area contributed by atoms with Crippen LogP contribution >= 0.6 is 0 Å². The summed E-state index contributed by atoms with van der Waals surface area (Å²) in [7, 11) is 1.69. The lowest BCUT2D eigenvalue weighted by Crippen LogP contribution is -2.28. The second-order valence-electron chi connectivity index (χ2n) is 4.69. The number of hydrogen-bond acceptors (Lipinski definition) is 4. The molecule has 1 aromatic rings. The van der Waals surface area contributed by atoms with Crippen LogP contribution in [0.4, 0.5) is 17.1 Å². The number of aryl methyl sites for hydroxylation is 1. The Labute approximate surface area is 113 Å². The summed E-state index contributed by atoms with van der Waals surface area (Å²) in [6.07, 6.45) is 1.32. The average molecular weight is 263 g/mol. The lowest BCUT2D eigenvalue weighted by Gasteiger charge is -2.27. The zero-order valence-corrected chi connectivity index (χ0v) is 11.5. The van der Waals surface area contributed by atoms with Gasteiger partial charge in [0, 0.05) is 32.3 Å². The van der Waals surface area contributed by atoms with Gasteiger partial charge in [-0.1, -0.05) is 0 Å². The third-order valence-electron chi connectivity index (χ3n) is 3.44. The number of nitrogen functional groups attached to an aromatic ring is 1. The predicted molar refractivity (Wildman–Crippen MR) is 77.6 cm³/mol. The maximum absolute atomic E-state index is 11.4. The first-order chi connectivity index (χ1) is 9.15. The highest BCUT2D eigenvalue weighted by Crippen LogP contribution is 2.33. The molecule has 104 valence electrons. The van der Waals surface area contributed by atoms with Crippen molar-refractivity contribution in [3.63, 3.8) is 0 Å². The van der Waals surface area contributed by atoms with Gasteiger partial charge in [-0.15, -0.1) is 0 Å². The third-order valence-corrected chi connectivity index (χ3v) is 3.44. The molecule has 0 saturated heterocycles. The maximum Gasteiger partial charge on any atom is 0.224 e. The van der Waals surface area contributed by atoms with Gasteiger partial charge >= 0.3 is 0 Å². The van der Waals surface area contributed by atoms with Crippen molar-refractivity contribution in [2.24, 2.45) is 0 Å². The van der Waals surface area contributed by atoms with Gasteiger partial charge in [0.1, 0.15) is 0 Å². The molecule has 0 saturated carbocycles. The molecule has 1 aromatic carbocycles. The van der Waals surface area contributed by atoms with Gasteiger partial charge in [0.15, 0.2) is 0 Å². The SMILES string of the molecule is CCN(CCOC)c1cc2c(cc1N)NC(=O)CC2. The van der Waals surface area contributed by atoms with Gasteiger partial charge in [-0.3, -0.25) is 4.79 Å². The number of nitrogens with one attached hydrogen (secondary N) is 1. The Bertz CT molecular complexity index is 474. The van der Waals surface area contributed by atoms with Crippen LogP contribution in [0.25, 0.3) is 0 Å². The Hall–Kier alpha value is -1.75. The van der Waals surface area contributed by atoms with Crippen LogP contribution in [0.5, 0.6) is 0 Å². The number of fused-ring (bicyclic) bond motifs is 1. The Balaban J connectivity index is 2.28. The molecule has 1 heterocycles. The Kier molecular flexibility index (Phi) is 4.27. The summed E-state index contributed by atoms with van der Waals surface area (Å²) in [6.45, 7) is 4.44. The summed E-state index contributed by atoms with van der Waals surface area (Å²) in [5.41, 5.74) is 9.82. The summed E-state index contributed by atoms with van der Waals surface area (Å²) in [5, 5.41) is 2.87. The van der Waals surface area contributed by atoms with Gasteiger partial charge in [0.05, 0.1) is 18.0 Å². The first-order valence-electron chi connectivity index (χ1n) is 6.61. The molecule has 1 amide bonds. The number of likely N-dealkylation sites (N-methyl/N-ethyl adjacent to an activating group) is 1. The zero-order valence-electron chi connectivity index (χ0n) is 11.5. The first-order valence-corrected chi connectivity index (χ1v) is 6.61. The fourth-order valence-corrected chi connectivity index (χ4v) is 2.36. The number of ether oxygens (including phenoxy) is 1. The largest absolute Gasteiger partial charge is 0.397 e. The van der Waals surface area contributed by atoms with Crippen LogP contribution in [0.1, 0.15) is 18.9 Å². The molecule has 0 bridgehead atoms. The van der Waals surface area contributed by atoms with E-state index in [1.54, 1.807) is 7.11 Å². The number of rotatable bonds is 5. The Morgan fingerprint density at radius 3 is 2.89 bits per heavy atom. The first kappa shape index (κ1) is 13.7. The molecule has 2 rings (SSSR count). The van der Waals surface area contributed by atoms with Crippen molar-refractivity contribution in [1.29, 1.82) is 0 Å². The highest BCUT2D eigenvalue weighted by molar-refractivity contribution is 5.95. The fraction of sp³-hybridized carbons (Fsp3) is 0.500. The molecule has 5 heteroatoms. The van der Waals surface area contributed by atoms with Crippen LogP contribution in [0.3, 0.4) is 0 Å². The van der Waals surface area contributed by atoms with Crippen LogP contribution < -0.4 is 16.0 Å². The van der Waals surface area contributed by atoms with E-state index >= 15 is 0 Å². The van der Waals surface area contributed by atoms with Crippen molar-refractivity contribution in [3.05, 3.63) is 17.7 Å². The van der Waals surface area contributed by atoms with Gasteiger partial charge in [-0.2, -0.15) is 0 Å². The fourth-order valence-electron chi connectivity index (χ4n) is 2.36. The third kappa shape index (κ3) is 2.98. The maximum atomic E-state index is 11.4. The lowest BCUT2D eigenvalue weighted by atomic mass is 10.0. The van der Waals surface area contributed by atoms with E-state index in [0.29, 0.717) is 18.7 Å². The van der Waals surface area contributed by atoms with E-state index in [0.717, 1.165) is 36.4 Å². The Morgan fingerprint density at radius 2 is 2.21 bits per heavy atom. The minimum atomic E-state index is 0.0615. The van der Waals surface area contributed by atoms with Crippen LogP contribution in [-0.4, -0.2) is 32.7 Å². The predicted octanol–water partition coefficient (Wildman–Crippen LogP) is 1.63. The normalized spacial score (nSPS) is 13.9. The van der Waals surface area contributed by atoms with Crippen LogP contribution in [-0.2, 0) is 16.0 Å². The molecule has 1 aliphatic rings. The molecular weight excluding hydrogens is 242 g/mol. The van der Waals surface area contributed by atoms with Gasteiger partial charge in [0.2, 0.25) is 5.91 Å². The number of benzene rings is 1. The molecule has 19 heavy (non-hydrogen) atoms. The number of carbonyl (C=O) groups is 1. The summed E-state index contributed by atoms with van der Waals surface area (Å²) in [5.74, 6) is 0.0615. The van der Waals surface area contributed by atoms with Crippen molar-refractivity contribution >= 4 is 23.0 Å². The highest BCUT2D eigenvalue weighted by Gasteiger charge is 2.18. The van der Waals surface area contributed by atoms with Crippen molar-refractivity contribution in [2.45, 2.75) is 19.8 Å². The van der Waals surface area contributed by atoms with E-state index in [2.05, 4.69) is 23.2 Å². The molecule has 0 aromatic heterocycles. The number of nitrogens with two attached hydrogens (primary N) is 1. The number of methoxy groups -OCH3 is 1. The van der Waals surface area contributed by atoms with E-state index in [9.17, 15) is 4.79 Å². The average Bonchev–Trinajstić information content (AvgIpc) is 2.40. The van der Waals surface area contributed by atoms with Crippen molar-refractivity contribution < 1.29 is 9.53 Å². The number of amides is 1. The second kappa shape index (κ2) is 5.93. The molecule has 0 radical (unpaired) electrons. The minimum absolute atomic E-state index is 0.0615. The summed E-state index contributed by atoms with van der Waals surface area (Å²) in [4.78, 5) is 13.6. The molecule has 0 unspecified atom stereocenters. The number of hydrogen-bond donors (Lipinski definition) is 2. The molecule has 0 spiro atoms. The number of anilines is 3. The van der Waals surface area contributed by atoms with Crippen molar-refractivity contribution in [2.75, 3.05) is 42.8 Å². The second-order valence-corrected chi connectivity index (χ2v) is 4.69. The van der Waals surface area contributed by atoms with E-state index in [4.69, 9.17) is 10.5 Å².